The zero-order valence-electron chi connectivity index (χ0n) is 10.7. The van der Waals surface area contributed by atoms with Crippen molar-refractivity contribution in [2.24, 2.45) is 0 Å². The van der Waals surface area contributed by atoms with Crippen molar-refractivity contribution >= 4 is 50.7 Å². The van der Waals surface area contributed by atoms with Crippen LogP contribution in [0.25, 0.3) is 0 Å². The van der Waals surface area contributed by atoms with E-state index in [2.05, 4.69) is 15.9 Å². The van der Waals surface area contributed by atoms with Gasteiger partial charge in [-0.25, -0.2) is 0 Å². The SMILES string of the molecule is Clc1ccc(C(Br)c2cc3c(cc2Cl)OCCO3)c(Cl)c1. The van der Waals surface area contributed by atoms with Crippen LogP contribution in [-0.2, 0) is 0 Å². The fraction of sp³-hybridized carbons (Fsp3) is 0.200. The molecule has 0 spiro atoms. The Morgan fingerprint density at radius 1 is 0.857 bits per heavy atom. The highest BCUT2D eigenvalue weighted by Gasteiger charge is 2.21. The van der Waals surface area contributed by atoms with Gasteiger partial charge in [0.25, 0.3) is 0 Å². The van der Waals surface area contributed by atoms with E-state index in [1.807, 2.05) is 12.1 Å². The van der Waals surface area contributed by atoms with E-state index in [9.17, 15) is 0 Å². The summed E-state index contributed by atoms with van der Waals surface area (Å²) in [6.45, 7) is 1.06. The molecule has 21 heavy (non-hydrogen) atoms. The quantitative estimate of drug-likeness (QED) is 0.576. The van der Waals surface area contributed by atoms with E-state index >= 15 is 0 Å². The molecule has 0 saturated carbocycles. The minimum Gasteiger partial charge on any atom is -0.486 e. The summed E-state index contributed by atoms with van der Waals surface area (Å²) in [7, 11) is 0. The van der Waals surface area contributed by atoms with Gasteiger partial charge in [0.05, 0.1) is 4.83 Å². The first-order valence-corrected chi connectivity index (χ1v) is 8.29. The van der Waals surface area contributed by atoms with Crippen molar-refractivity contribution < 1.29 is 9.47 Å². The maximum atomic E-state index is 6.35. The number of hydrogen-bond acceptors (Lipinski definition) is 2. The van der Waals surface area contributed by atoms with Crippen molar-refractivity contribution in [3.8, 4) is 11.5 Å². The van der Waals surface area contributed by atoms with Gasteiger partial charge >= 0.3 is 0 Å². The van der Waals surface area contributed by atoms with Crippen molar-refractivity contribution in [2.45, 2.75) is 4.83 Å². The van der Waals surface area contributed by atoms with E-state index in [4.69, 9.17) is 44.3 Å². The predicted octanol–water partition coefficient (Wildman–Crippen LogP) is 5.90. The number of ether oxygens (including phenoxy) is 2. The van der Waals surface area contributed by atoms with Crippen LogP contribution in [0.5, 0.6) is 11.5 Å². The largest absolute Gasteiger partial charge is 0.486 e. The van der Waals surface area contributed by atoms with Crippen LogP contribution in [0.1, 0.15) is 16.0 Å². The van der Waals surface area contributed by atoms with Crippen LogP contribution in [-0.4, -0.2) is 13.2 Å². The second-order valence-corrected chi connectivity index (χ2v) is 6.71. The zero-order valence-corrected chi connectivity index (χ0v) is 14.6. The Hall–Kier alpha value is -0.610. The lowest BCUT2D eigenvalue weighted by Gasteiger charge is -2.21. The molecule has 6 heteroatoms. The van der Waals surface area contributed by atoms with E-state index in [0.717, 1.165) is 11.1 Å². The second kappa shape index (κ2) is 6.25. The molecule has 0 fully saturated rings. The Balaban J connectivity index is 2.03. The minimum atomic E-state index is -0.161. The first-order valence-electron chi connectivity index (χ1n) is 6.24. The summed E-state index contributed by atoms with van der Waals surface area (Å²) in [5.41, 5.74) is 1.75. The monoisotopic (exact) mass is 406 g/mol. The first kappa shape index (κ1) is 15.3. The topological polar surface area (TPSA) is 18.5 Å². The number of fused-ring (bicyclic) bond motifs is 1. The number of rotatable bonds is 2. The fourth-order valence-electron chi connectivity index (χ4n) is 2.15. The van der Waals surface area contributed by atoms with Crippen molar-refractivity contribution in [3.05, 3.63) is 56.5 Å². The van der Waals surface area contributed by atoms with Crippen molar-refractivity contribution in [1.82, 2.24) is 0 Å². The Morgan fingerprint density at radius 3 is 2.14 bits per heavy atom. The van der Waals surface area contributed by atoms with Crippen molar-refractivity contribution in [3.63, 3.8) is 0 Å². The molecule has 0 aromatic heterocycles. The summed E-state index contributed by atoms with van der Waals surface area (Å²) in [6, 6.07) is 9.02. The van der Waals surface area contributed by atoms with Crippen LogP contribution < -0.4 is 9.47 Å². The summed E-state index contributed by atoms with van der Waals surface area (Å²) < 4.78 is 11.1. The standard InChI is InChI=1S/C15H10BrCl3O2/c16-15(9-2-1-8(17)5-11(9)18)10-6-13-14(7-12(10)19)21-4-3-20-13/h1-2,5-7,15H,3-4H2. The average molecular weight is 409 g/mol. The van der Waals surface area contributed by atoms with E-state index < -0.39 is 0 Å². The van der Waals surface area contributed by atoms with Crippen molar-refractivity contribution in [1.29, 1.82) is 0 Å². The number of halogens is 4. The highest BCUT2D eigenvalue weighted by molar-refractivity contribution is 9.09. The molecule has 1 heterocycles. The molecule has 0 radical (unpaired) electrons. The Labute approximate surface area is 146 Å². The zero-order chi connectivity index (χ0) is 15.0. The third kappa shape index (κ3) is 3.11. The molecule has 2 nitrogen and oxygen atoms in total. The molecule has 0 amide bonds. The number of hydrogen-bond donors (Lipinski definition) is 0. The van der Waals surface area contributed by atoms with Crippen LogP contribution in [0.15, 0.2) is 30.3 Å². The van der Waals surface area contributed by atoms with Gasteiger partial charge in [-0.15, -0.1) is 0 Å². The molecule has 110 valence electrons. The van der Waals surface area contributed by atoms with E-state index in [0.29, 0.717) is 39.8 Å². The van der Waals surface area contributed by atoms with Gasteiger partial charge in [0.15, 0.2) is 11.5 Å². The third-order valence-electron chi connectivity index (χ3n) is 3.17. The maximum absolute atomic E-state index is 6.35. The normalized spacial score (nSPS) is 14.9. The van der Waals surface area contributed by atoms with Crippen LogP contribution in [0.3, 0.4) is 0 Å². The first-order chi connectivity index (χ1) is 10.1. The summed E-state index contributed by atoms with van der Waals surface area (Å²) in [6.07, 6.45) is 0. The Bertz CT molecular complexity index is 691. The summed E-state index contributed by atoms with van der Waals surface area (Å²) in [4.78, 5) is -0.161. The Kier molecular flexibility index (Phi) is 4.55. The van der Waals surface area contributed by atoms with Gasteiger partial charge in [-0.2, -0.15) is 0 Å². The van der Waals surface area contributed by atoms with Gasteiger partial charge in [-0.1, -0.05) is 56.8 Å². The lowest BCUT2D eigenvalue weighted by molar-refractivity contribution is 0.171. The van der Waals surface area contributed by atoms with Crippen LogP contribution in [0, 0.1) is 0 Å². The summed E-state index contributed by atoms with van der Waals surface area (Å²) >= 11 is 22.2. The van der Waals surface area contributed by atoms with Gasteiger partial charge in [-0.05, 0) is 29.3 Å². The molecule has 0 aliphatic carbocycles. The van der Waals surface area contributed by atoms with Gasteiger partial charge in [0.2, 0.25) is 0 Å². The predicted molar refractivity (Wildman–Crippen MR) is 89.7 cm³/mol. The van der Waals surface area contributed by atoms with E-state index in [1.165, 1.54) is 0 Å². The molecular weight excluding hydrogens is 398 g/mol. The lowest BCUT2D eigenvalue weighted by Crippen LogP contribution is -2.15. The average Bonchev–Trinajstić information content (AvgIpc) is 2.46. The van der Waals surface area contributed by atoms with E-state index in [1.54, 1.807) is 18.2 Å². The molecule has 2 aromatic rings. The lowest BCUT2D eigenvalue weighted by atomic mass is 10.0. The van der Waals surface area contributed by atoms with Gasteiger partial charge < -0.3 is 9.47 Å². The molecule has 2 aromatic carbocycles. The molecule has 1 unspecified atom stereocenters. The smallest absolute Gasteiger partial charge is 0.162 e. The fourth-order valence-corrected chi connectivity index (χ4v) is 3.97. The molecule has 1 atom stereocenters. The number of alkyl halides is 1. The minimum absolute atomic E-state index is 0.161. The molecule has 0 bridgehead atoms. The van der Waals surface area contributed by atoms with Crippen molar-refractivity contribution in [2.75, 3.05) is 13.2 Å². The van der Waals surface area contributed by atoms with Gasteiger partial charge in [0, 0.05) is 21.1 Å². The molecule has 1 aliphatic rings. The third-order valence-corrected chi connectivity index (χ3v) is 5.05. The van der Waals surface area contributed by atoms with Crippen LogP contribution in [0.2, 0.25) is 15.1 Å². The molecule has 1 aliphatic heterocycles. The molecule has 0 saturated heterocycles. The number of benzene rings is 2. The van der Waals surface area contributed by atoms with Gasteiger partial charge in [0.1, 0.15) is 13.2 Å². The van der Waals surface area contributed by atoms with E-state index in [-0.39, 0.29) is 4.83 Å². The summed E-state index contributed by atoms with van der Waals surface area (Å²) in [5.74, 6) is 1.35. The van der Waals surface area contributed by atoms with Crippen LogP contribution in [0.4, 0.5) is 0 Å². The Morgan fingerprint density at radius 2 is 1.48 bits per heavy atom. The second-order valence-electron chi connectivity index (χ2n) is 4.55. The highest BCUT2D eigenvalue weighted by atomic mass is 79.9. The maximum Gasteiger partial charge on any atom is 0.162 e. The summed E-state index contributed by atoms with van der Waals surface area (Å²) in [5, 5.41) is 1.76. The highest BCUT2D eigenvalue weighted by Crippen LogP contribution is 2.44. The molecule has 3 rings (SSSR count). The van der Waals surface area contributed by atoms with Crippen LogP contribution >= 0.6 is 50.7 Å². The molecule has 0 N–H and O–H groups in total. The molecular formula is C15H10BrCl3O2. The van der Waals surface area contributed by atoms with Gasteiger partial charge in [-0.3, -0.25) is 0 Å².